The molecular formula is C15H31IN4O2. The van der Waals surface area contributed by atoms with E-state index in [-0.39, 0.29) is 36.1 Å². The van der Waals surface area contributed by atoms with Gasteiger partial charge < -0.3 is 20.3 Å². The Morgan fingerprint density at radius 1 is 1.41 bits per heavy atom. The maximum atomic E-state index is 11.8. The van der Waals surface area contributed by atoms with Crippen molar-refractivity contribution in [2.45, 2.75) is 52.7 Å². The molecule has 1 heterocycles. The topological polar surface area (TPSA) is 66.0 Å². The number of amides is 1. The van der Waals surface area contributed by atoms with Crippen molar-refractivity contribution in [1.29, 1.82) is 0 Å². The summed E-state index contributed by atoms with van der Waals surface area (Å²) >= 11 is 0. The third-order valence-electron chi connectivity index (χ3n) is 3.09. The van der Waals surface area contributed by atoms with E-state index in [1.54, 1.807) is 7.05 Å². The second-order valence-corrected chi connectivity index (χ2v) is 6.90. The van der Waals surface area contributed by atoms with Gasteiger partial charge in [0, 0.05) is 26.7 Å². The molecular weight excluding hydrogens is 395 g/mol. The first-order valence-electron chi connectivity index (χ1n) is 7.66. The summed E-state index contributed by atoms with van der Waals surface area (Å²) in [7, 11) is 1.79. The summed E-state index contributed by atoms with van der Waals surface area (Å²) in [6, 6.07) is 0.109. The third-order valence-corrected chi connectivity index (χ3v) is 3.09. The number of hydrogen-bond acceptors (Lipinski definition) is 3. The predicted molar refractivity (Wildman–Crippen MR) is 101 cm³/mol. The SMILES string of the molecule is CN=C(NCC(C)C)N1CCC(NC(=O)OC(C)(C)C)C1.I. The quantitative estimate of drug-likeness (QED) is 0.414. The highest BCUT2D eigenvalue weighted by atomic mass is 127. The van der Waals surface area contributed by atoms with Crippen molar-refractivity contribution in [3.63, 3.8) is 0 Å². The molecule has 1 fully saturated rings. The molecule has 0 aromatic rings. The maximum absolute atomic E-state index is 11.8. The van der Waals surface area contributed by atoms with E-state index in [1.165, 1.54) is 0 Å². The Morgan fingerprint density at radius 3 is 2.55 bits per heavy atom. The third kappa shape index (κ3) is 8.05. The monoisotopic (exact) mass is 426 g/mol. The van der Waals surface area contributed by atoms with Crippen molar-refractivity contribution in [1.82, 2.24) is 15.5 Å². The van der Waals surface area contributed by atoms with E-state index < -0.39 is 5.60 Å². The summed E-state index contributed by atoms with van der Waals surface area (Å²) in [5, 5.41) is 6.28. The molecule has 0 aromatic heterocycles. The highest BCUT2D eigenvalue weighted by Gasteiger charge is 2.27. The number of rotatable bonds is 3. The number of carbonyl (C=O) groups excluding carboxylic acids is 1. The van der Waals surface area contributed by atoms with Gasteiger partial charge in [-0.3, -0.25) is 4.99 Å². The zero-order chi connectivity index (χ0) is 16.0. The summed E-state index contributed by atoms with van der Waals surface area (Å²) in [4.78, 5) is 18.3. The van der Waals surface area contributed by atoms with Crippen LogP contribution in [0.4, 0.5) is 4.79 Å². The molecule has 1 aliphatic rings. The van der Waals surface area contributed by atoms with Crippen LogP contribution < -0.4 is 10.6 Å². The van der Waals surface area contributed by atoms with Crippen LogP contribution in [0, 0.1) is 5.92 Å². The van der Waals surface area contributed by atoms with Gasteiger partial charge in [-0.25, -0.2) is 4.79 Å². The van der Waals surface area contributed by atoms with Gasteiger partial charge in [0.2, 0.25) is 0 Å². The number of nitrogens with one attached hydrogen (secondary N) is 2. The second-order valence-electron chi connectivity index (χ2n) is 6.90. The number of halogens is 1. The highest BCUT2D eigenvalue weighted by Crippen LogP contribution is 2.12. The number of ether oxygens (including phenoxy) is 1. The minimum Gasteiger partial charge on any atom is -0.444 e. The molecule has 1 aliphatic heterocycles. The minimum absolute atomic E-state index is 0. The fourth-order valence-electron chi connectivity index (χ4n) is 2.17. The molecule has 130 valence electrons. The van der Waals surface area contributed by atoms with Gasteiger partial charge in [-0.05, 0) is 33.1 Å². The van der Waals surface area contributed by atoms with Crippen LogP contribution in [0.3, 0.4) is 0 Å². The fourth-order valence-corrected chi connectivity index (χ4v) is 2.17. The zero-order valence-corrected chi connectivity index (χ0v) is 16.9. The minimum atomic E-state index is -0.461. The van der Waals surface area contributed by atoms with Crippen molar-refractivity contribution >= 4 is 36.0 Å². The number of carbonyl (C=O) groups is 1. The number of hydrogen-bond donors (Lipinski definition) is 2. The molecule has 6 nitrogen and oxygen atoms in total. The molecule has 0 saturated carbocycles. The van der Waals surface area contributed by atoms with Crippen molar-refractivity contribution in [2.24, 2.45) is 10.9 Å². The molecule has 0 radical (unpaired) electrons. The van der Waals surface area contributed by atoms with E-state index in [2.05, 4.69) is 34.4 Å². The summed E-state index contributed by atoms with van der Waals surface area (Å²) in [6.07, 6.45) is 0.557. The molecule has 22 heavy (non-hydrogen) atoms. The van der Waals surface area contributed by atoms with Crippen LogP contribution in [-0.2, 0) is 4.74 Å². The Hall–Kier alpha value is -0.730. The molecule has 0 spiro atoms. The van der Waals surface area contributed by atoms with Gasteiger partial charge in [0.15, 0.2) is 5.96 Å². The Labute approximate surface area is 151 Å². The number of aliphatic imine (C=N–C) groups is 1. The average Bonchev–Trinajstić information content (AvgIpc) is 2.75. The summed E-state index contributed by atoms with van der Waals surface area (Å²) in [5.74, 6) is 1.47. The first kappa shape index (κ1) is 21.3. The molecule has 7 heteroatoms. The van der Waals surface area contributed by atoms with Gasteiger partial charge in [0.05, 0.1) is 6.04 Å². The molecule has 1 atom stereocenters. The van der Waals surface area contributed by atoms with Gasteiger partial charge >= 0.3 is 6.09 Å². The van der Waals surface area contributed by atoms with Crippen LogP contribution in [-0.4, -0.2) is 55.3 Å². The molecule has 1 unspecified atom stereocenters. The number of nitrogens with zero attached hydrogens (tertiary/aromatic N) is 2. The number of guanidine groups is 1. The predicted octanol–water partition coefficient (Wildman–Crippen LogP) is 2.43. The number of alkyl carbamates (subject to hydrolysis) is 1. The van der Waals surface area contributed by atoms with E-state index in [9.17, 15) is 4.79 Å². The Morgan fingerprint density at radius 2 is 2.05 bits per heavy atom. The summed E-state index contributed by atoms with van der Waals surface area (Å²) < 4.78 is 5.29. The molecule has 0 aromatic carbocycles. The summed E-state index contributed by atoms with van der Waals surface area (Å²) in [6.45, 7) is 12.5. The summed E-state index contributed by atoms with van der Waals surface area (Å²) in [5.41, 5.74) is -0.461. The van der Waals surface area contributed by atoms with E-state index >= 15 is 0 Å². The lowest BCUT2D eigenvalue weighted by atomic mass is 10.2. The van der Waals surface area contributed by atoms with Crippen LogP contribution in [0.15, 0.2) is 4.99 Å². The molecule has 1 amide bonds. The standard InChI is InChI=1S/C15H30N4O2.HI/c1-11(2)9-17-13(16-6)19-8-7-12(10-19)18-14(20)21-15(3,4)5;/h11-12H,7-10H2,1-6H3,(H,16,17)(H,18,20);1H. The van der Waals surface area contributed by atoms with E-state index in [1.807, 2.05) is 20.8 Å². The number of likely N-dealkylation sites (tertiary alicyclic amines) is 1. The van der Waals surface area contributed by atoms with E-state index in [0.717, 1.165) is 32.0 Å². The van der Waals surface area contributed by atoms with Crippen LogP contribution in [0.2, 0.25) is 0 Å². The van der Waals surface area contributed by atoms with Crippen molar-refractivity contribution in [3.05, 3.63) is 0 Å². The van der Waals surface area contributed by atoms with Crippen molar-refractivity contribution in [2.75, 3.05) is 26.7 Å². The molecule has 0 aliphatic carbocycles. The normalized spacial score (nSPS) is 19.0. The Bertz CT molecular complexity index is 380. The van der Waals surface area contributed by atoms with Gasteiger partial charge in [-0.2, -0.15) is 0 Å². The smallest absolute Gasteiger partial charge is 0.407 e. The zero-order valence-electron chi connectivity index (χ0n) is 14.6. The molecule has 1 rings (SSSR count). The average molecular weight is 426 g/mol. The lowest BCUT2D eigenvalue weighted by Gasteiger charge is -2.23. The van der Waals surface area contributed by atoms with Crippen LogP contribution in [0.5, 0.6) is 0 Å². The lowest BCUT2D eigenvalue weighted by molar-refractivity contribution is 0.0507. The van der Waals surface area contributed by atoms with Crippen molar-refractivity contribution < 1.29 is 9.53 Å². The first-order valence-corrected chi connectivity index (χ1v) is 7.66. The molecule has 2 N–H and O–H groups in total. The lowest BCUT2D eigenvalue weighted by Crippen LogP contribution is -2.44. The van der Waals surface area contributed by atoms with Crippen LogP contribution in [0.25, 0.3) is 0 Å². The Kier molecular flexibility index (Phi) is 9.11. The first-order chi connectivity index (χ1) is 9.71. The Balaban J connectivity index is 0.00000441. The van der Waals surface area contributed by atoms with Gasteiger partial charge in [-0.1, -0.05) is 13.8 Å². The van der Waals surface area contributed by atoms with E-state index in [0.29, 0.717) is 5.92 Å². The fraction of sp³-hybridized carbons (Fsp3) is 0.867. The van der Waals surface area contributed by atoms with Gasteiger partial charge in [0.25, 0.3) is 0 Å². The molecule has 0 bridgehead atoms. The molecule has 1 saturated heterocycles. The van der Waals surface area contributed by atoms with Gasteiger partial charge in [0.1, 0.15) is 5.60 Å². The van der Waals surface area contributed by atoms with Gasteiger partial charge in [-0.15, -0.1) is 24.0 Å². The van der Waals surface area contributed by atoms with E-state index in [4.69, 9.17) is 4.74 Å². The largest absolute Gasteiger partial charge is 0.444 e. The highest BCUT2D eigenvalue weighted by molar-refractivity contribution is 14.0. The second kappa shape index (κ2) is 9.42. The maximum Gasteiger partial charge on any atom is 0.407 e. The van der Waals surface area contributed by atoms with Crippen LogP contribution >= 0.6 is 24.0 Å². The van der Waals surface area contributed by atoms with Crippen LogP contribution in [0.1, 0.15) is 41.0 Å². The van der Waals surface area contributed by atoms with Crippen molar-refractivity contribution in [3.8, 4) is 0 Å².